The van der Waals surface area contributed by atoms with Crippen LogP contribution >= 0.6 is 11.6 Å². The fraction of sp³-hybridized carbons (Fsp3) is 0.0714. The quantitative estimate of drug-likeness (QED) is 0.765. The van der Waals surface area contributed by atoms with Gasteiger partial charge in [0.25, 0.3) is 0 Å². The number of nitrogens with zero attached hydrogens (tertiary/aromatic N) is 1. The number of aromatic nitrogens is 1. The normalized spacial score (nSPS) is 10.9. The highest BCUT2D eigenvalue weighted by Gasteiger charge is 2.23. The number of hydrogen-bond donors (Lipinski definition) is 1. The summed E-state index contributed by atoms with van der Waals surface area (Å²) in [5.41, 5.74) is 6.92. The van der Waals surface area contributed by atoms with E-state index in [1.807, 2.05) is 0 Å². The van der Waals surface area contributed by atoms with Crippen molar-refractivity contribution in [2.24, 2.45) is 0 Å². The molecule has 0 aliphatic heterocycles. The highest BCUT2D eigenvalue weighted by atomic mass is 35.5. The van der Waals surface area contributed by atoms with Crippen molar-refractivity contribution >= 4 is 17.4 Å². The first-order valence-corrected chi connectivity index (χ1v) is 6.20. The Morgan fingerprint density at radius 1 is 1.30 bits per heavy atom. The molecule has 3 aromatic rings. The van der Waals surface area contributed by atoms with Crippen LogP contribution in [0.2, 0.25) is 5.02 Å². The summed E-state index contributed by atoms with van der Waals surface area (Å²) in [6, 6.07) is 6.15. The maximum Gasteiger partial charge on any atom is 0.180 e. The van der Waals surface area contributed by atoms with Crippen LogP contribution in [0.4, 0.5) is 10.2 Å². The van der Waals surface area contributed by atoms with Gasteiger partial charge in [-0.2, -0.15) is 0 Å². The smallest absolute Gasteiger partial charge is 0.180 e. The summed E-state index contributed by atoms with van der Waals surface area (Å²) in [7, 11) is 0. The van der Waals surface area contributed by atoms with E-state index in [-0.39, 0.29) is 16.4 Å². The molecule has 0 amide bonds. The van der Waals surface area contributed by atoms with Crippen LogP contribution in [0.3, 0.4) is 0 Å². The molecule has 2 N–H and O–H groups in total. The second-order valence-electron chi connectivity index (χ2n) is 4.31. The fourth-order valence-corrected chi connectivity index (χ4v) is 2.30. The van der Waals surface area contributed by atoms with Crippen molar-refractivity contribution in [3.05, 3.63) is 47.1 Å². The van der Waals surface area contributed by atoms with Gasteiger partial charge in [-0.25, -0.2) is 4.39 Å². The zero-order valence-corrected chi connectivity index (χ0v) is 11.2. The van der Waals surface area contributed by atoms with Crippen LogP contribution in [0.25, 0.3) is 22.5 Å². The number of nitrogen functional groups attached to an aromatic ring is 1. The van der Waals surface area contributed by atoms with E-state index in [1.165, 1.54) is 18.4 Å². The third-order valence-corrected chi connectivity index (χ3v) is 3.24. The van der Waals surface area contributed by atoms with Crippen molar-refractivity contribution in [2.75, 3.05) is 5.73 Å². The second kappa shape index (κ2) is 4.68. The molecule has 6 heteroatoms. The summed E-state index contributed by atoms with van der Waals surface area (Å²) < 4.78 is 24.5. The first kappa shape index (κ1) is 12.7. The maximum atomic E-state index is 14.1. The van der Waals surface area contributed by atoms with Crippen LogP contribution in [0, 0.1) is 12.7 Å². The highest BCUT2D eigenvalue weighted by molar-refractivity contribution is 6.33. The first-order valence-electron chi connectivity index (χ1n) is 5.83. The molecule has 2 aromatic heterocycles. The molecule has 2 heterocycles. The van der Waals surface area contributed by atoms with Crippen molar-refractivity contribution in [3.63, 3.8) is 0 Å². The Labute approximate surface area is 118 Å². The van der Waals surface area contributed by atoms with Crippen molar-refractivity contribution in [1.29, 1.82) is 0 Å². The minimum Gasteiger partial charge on any atom is -0.469 e. The van der Waals surface area contributed by atoms with E-state index in [1.54, 1.807) is 19.1 Å². The van der Waals surface area contributed by atoms with Gasteiger partial charge in [0.05, 0.1) is 16.1 Å². The number of nitrogens with two attached hydrogens (primary N) is 1. The largest absolute Gasteiger partial charge is 0.469 e. The molecule has 0 unspecified atom stereocenters. The molecule has 3 rings (SSSR count). The van der Waals surface area contributed by atoms with Crippen molar-refractivity contribution < 1.29 is 13.3 Å². The van der Waals surface area contributed by atoms with Gasteiger partial charge < -0.3 is 14.7 Å². The minimum atomic E-state index is -0.492. The minimum absolute atomic E-state index is 0.0749. The average Bonchev–Trinajstić information content (AvgIpc) is 2.97. The Morgan fingerprint density at radius 2 is 2.10 bits per heavy atom. The Morgan fingerprint density at radius 3 is 2.75 bits per heavy atom. The molecule has 20 heavy (non-hydrogen) atoms. The van der Waals surface area contributed by atoms with Crippen LogP contribution in [-0.4, -0.2) is 5.16 Å². The van der Waals surface area contributed by atoms with E-state index in [2.05, 4.69) is 5.16 Å². The van der Waals surface area contributed by atoms with Crippen molar-refractivity contribution in [3.8, 4) is 22.5 Å². The summed E-state index contributed by atoms with van der Waals surface area (Å²) in [5.74, 6) is 0.603. The molecule has 102 valence electrons. The highest BCUT2D eigenvalue weighted by Crippen LogP contribution is 2.41. The zero-order valence-electron chi connectivity index (χ0n) is 10.5. The van der Waals surface area contributed by atoms with Crippen LogP contribution in [-0.2, 0) is 0 Å². The monoisotopic (exact) mass is 292 g/mol. The third-order valence-electron chi connectivity index (χ3n) is 2.92. The molecule has 0 saturated heterocycles. The number of hydrogen-bond acceptors (Lipinski definition) is 4. The molecule has 4 nitrogen and oxygen atoms in total. The lowest BCUT2D eigenvalue weighted by Crippen LogP contribution is -1.92. The van der Waals surface area contributed by atoms with Crippen molar-refractivity contribution in [2.45, 2.75) is 6.92 Å². The molecule has 0 atom stereocenters. The molecule has 0 aliphatic carbocycles. The van der Waals surface area contributed by atoms with E-state index in [4.69, 9.17) is 26.3 Å². The Hall–Kier alpha value is -2.27. The molecule has 0 radical (unpaired) electrons. The number of rotatable bonds is 2. The number of anilines is 1. The van der Waals surface area contributed by atoms with E-state index in [9.17, 15) is 4.39 Å². The van der Waals surface area contributed by atoms with E-state index in [0.29, 0.717) is 22.6 Å². The second-order valence-corrected chi connectivity index (χ2v) is 4.72. The van der Waals surface area contributed by atoms with Gasteiger partial charge in [0.1, 0.15) is 17.8 Å². The van der Waals surface area contributed by atoms with Gasteiger partial charge in [-0.3, -0.25) is 0 Å². The SMILES string of the molecule is Cc1cc(-c2onc(N)c2-c2c(F)cccc2Cl)co1. The zero-order chi connectivity index (χ0) is 14.3. The summed E-state index contributed by atoms with van der Waals surface area (Å²) >= 11 is 6.07. The van der Waals surface area contributed by atoms with E-state index >= 15 is 0 Å². The Bertz CT molecular complexity index is 759. The first-order chi connectivity index (χ1) is 9.58. The molecular formula is C14H10ClFN2O2. The van der Waals surface area contributed by atoms with Crippen LogP contribution in [0.1, 0.15) is 5.76 Å². The van der Waals surface area contributed by atoms with Gasteiger partial charge in [-0.15, -0.1) is 0 Å². The standard InChI is InChI=1S/C14H10ClFN2O2/c1-7-5-8(6-19-7)13-12(14(17)18-20-13)11-9(15)3-2-4-10(11)16/h2-6H,1H3,(H2,17,18). The molecule has 0 spiro atoms. The molecule has 1 aromatic carbocycles. The summed E-state index contributed by atoms with van der Waals surface area (Å²) in [4.78, 5) is 0. The molecule has 0 fully saturated rings. The third kappa shape index (κ3) is 1.96. The average molecular weight is 293 g/mol. The molecule has 0 saturated carbocycles. The lowest BCUT2D eigenvalue weighted by Gasteiger charge is -2.05. The lowest BCUT2D eigenvalue weighted by atomic mass is 10.0. The topological polar surface area (TPSA) is 65.2 Å². The Balaban J connectivity index is 2.27. The predicted octanol–water partition coefficient (Wildman–Crippen LogP) is 4.28. The molecule has 0 aliphatic rings. The van der Waals surface area contributed by atoms with Gasteiger partial charge in [0.15, 0.2) is 11.6 Å². The summed E-state index contributed by atoms with van der Waals surface area (Å²) in [6.45, 7) is 1.79. The van der Waals surface area contributed by atoms with Crippen LogP contribution in [0.5, 0.6) is 0 Å². The Kier molecular flexibility index (Phi) is 2.99. The lowest BCUT2D eigenvalue weighted by molar-refractivity contribution is 0.435. The van der Waals surface area contributed by atoms with Crippen LogP contribution in [0.15, 0.2) is 39.5 Å². The van der Waals surface area contributed by atoms with Gasteiger partial charge >= 0.3 is 0 Å². The number of aryl methyl sites for hydroxylation is 1. The predicted molar refractivity (Wildman–Crippen MR) is 73.8 cm³/mol. The van der Waals surface area contributed by atoms with Crippen molar-refractivity contribution in [1.82, 2.24) is 5.16 Å². The molecular weight excluding hydrogens is 283 g/mol. The number of furan rings is 1. The fourth-order valence-electron chi connectivity index (χ4n) is 2.04. The van der Waals surface area contributed by atoms with Gasteiger partial charge in [-0.1, -0.05) is 22.8 Å². The number of halogens is 2. The van der Waals surface area contributed by atoms with E-state index in [0.717, 1.165) is 0 Å². The van der Waals surface area contributed by atoms with E-state index < -0.39 is 5.82 Å². The molecule has 0 bridgehead atoms. The summed E-state index contributed by atoms with van der Waals surface area (Å²) in [5, 5.41) is 3.93. The summed E-state index contributed by atoms with van der Waals surface area (Å²) in [6.07, 6.45) is 1.49. The number of benzene rings is 1. The van der Waals surface area contributed by atoms with Gasteiger partial charge in [0.2, 0.25) is 0 Å². The van der Waals surface area contributed by atoms with Gasteiger partial charge in [-0.05, 0) is 25.1 Å². The van der Waals surface area contributed by atoms with Crippen LogP contribution < -0.4 is 5.73 Å². The maximum absolute atomic E-state index is 14.1. The van der Waals surface area contributed by atoms with Gasteiger partial charge in [0, 0.05) is 5.56 Å².